The smallest absolute Gasteiger partial charge is 0.220 e. The molecular formula is C35H40N3O2P. The zero-order chi connectivity index (χ0) is 28.1. The van der Waals surface area contributed by atoms with E-state index >= 15 is 4.57 Å². The number of ether oxygens (including phenoxy) is 1. The number of nitrogens with one attached hydrogen (secondary N) is 1. The maximum Gasteiger partial charge on any atom is 0.220 e. The van der Waals surface area contributed by atoms with Crippen LogP contribution in [0.4, 0.5) is 5.69 Å². The molecule has 41 heavy (non-hydrogen) atoms. The van der Waals surface area contributed by atoms with Gasteiger partial charge >= 0.3 is 0 Å². The Morgan fingerprint density at radius 3 is 1.71 bits per heavy atom. The van der Waals surface area contributed by atoms with E-state index in [2.05, 4.69) is 99.6 Å². The first-order valence-corrected chi connectivity index (χ1v) is 16.6. The van der Waals surface area contributed by atoms with Gasteiger partial charge in [0.1, 0.15) is 5.75 Å². The molecule has 212 valence electrons. The normalized spacial score (nSPS) is 21.2. The van der Waals surface area contributed by atoms with Crippen LogP contribution in [0.5, 0.6) is 5.75 Å². The highest BCUT2D eigenvalue weighted by molar-refractivity contribution is 7.59. The molecule has 1 aliphatic carbocycles. The Morgan fingerprint density at radius 2 is 1.22 bits per heavy atom. The molecule has 0 amide bonds. The molecule has 0 bridgehead atoms. The second-order valence-corrected chi connectivity index (χ2v) is 14.0. The maximum absolute atomic E-state index is 15.9. The second-order valence-electron chi connectivity index (χ2n) is 11.3. The Balaban J connectivity index is 1.41. The molecular weight excluding hydrogens is 525 g/mol. The van der Waals surface area contributed by atoms with Crippen molar-refractivity contribution in [2.24, 2.45) is 0 Å². The van der Waals surface area contributed by atoms with Crippen LogP contribution >= 0.6 is 7.44 Å². The molecule has 4 aromatic rings. The Bertz CT molecular complexity index is 1370. The first-order valence-electron chi connectivity index (χ1n) is 14.8. The molecule has 1 aliphatic heterocycles. The third kappa shape index (κ3) is 6.13. The summed E-state index contributed by atoms with van der Waals surface area (Å²) in [7, 11) is -1.34. The summed E-state index contributed by atoms with van der Waals surface area (Å²) in [6.07, 6.45) is 5.09. The van der Waals surface area contributed by atoms with Gasteiger partial charge in [-0.1, -0.05) is 104 Å². The summed E-state index contributed by atoms with van der Waals surface area (Å²) in [5.74, 6) is 0.822. The number of methoxy groups -OCH3 is 1. The summed E-state index contributed by atoms with van der Waals surface area (Å²) in [5, 5.41) is 3.77. The molecule has 1 saturated heterocycles. The Kier molecular flexibility index (Phi) is 8.57. The predicted octanol–water partition coefficient (Wildman–Crippen LogP) is 8.37. The third-order valence-corrected chi connectivity index (χ3v) is 12.0. The van der Waals surface area contributed by atoms with Crippen LogP contribution in [0.15, 0.2) is 115 Å². The molecule has 4 aromatic carbocycles. The number of hydrogen-bond acceptors (Lipinski definition) is 3. The molecule has 2 aliphatic rings. The van der Waals surface area contributed by atoms with E-state index in [1.807, 2.05) is 30.3 Å². The summed E-state index contributed by atoms with van der Waals surface area (Å²) in [6, 6.07) is 40.2. The standard InChI is InChI=1S/C35H40N3O2P/c1-40-32-23-21-31(22-24-32)36-33(30-17-9-4-10-18-30)27-41(39)37(25-28-13-5-2-6-14-28)34-19-11-12-20-35(34)38(41)26-29-15-7-3-8-16-29/h2-10,13-18,21-24,33-36H,11-12,19-20,25-27H2,1H3/t33-,34-,35-/m1/s1. The van der Waals surface area contributed by atoms with Gasteiger partial charge in [-0.2, -0.15) is 0 Å². The van der Waals surface area contributed by atoms with Gasteiger partial charge in [-0.05, 0) is 53.8 Å². The fourth-order valence-electron chi connectivity index (χ4n) is 6.65. The fraction of sp³-hybridized carbons (Fsp3) is 0.314. The van der Waals surface area contributed by atoms with Crippen molar-refractivity contribution in [3.8, 4) is 5.75 Å². The van der Waals surface area contributed by atoms with E-state index in [0.717, 1.165) is 29.8 Å². The highest BCUT2D eigenvalue weighted by atomic mass is 31.2. The molecule has 1 N–H and O–H groups in total. The van der Waals surface area contributed by atoms with Crippen molar-refractivity contribution in [3.63, 3.8) is 0 Å². The largest absolute Gasteiger partial charge is 0.497 e. The quantitative estimate of drug-likeness (QED) is 0.196. The molecule has 0 aromatic heterocycles. The van der Waals surface area contributed by atoms with Crippen molar-refractivity contribution >= 4 is 13.1 Å². The van der Waals surface area contributed by atoms with Gasteiger partial charge in [-0.25, -0.2) is 9.34 Å². The van der Waals surface area contributed by atoms with Gasteiger partial charge in [0.15, 0.2) is 0 Å². The molecule has 0 unspecified atom stereocenters. The first-order chi connectivity index (χ1) is 20.1. The molecule has 1 saturated carbocycles. The summed E-state index contributed by atoms with van der Waals surface area (Å²) in [6.45, 7) is 1.41. The van der Waals surface area contributed by atoms with Crippen LogP contribution in [-0.2, 0) is 17.7 Å². The maximum atomic E-state index is 15.9. The number of benzene rings is 4. The zero-order valence-corrected chi connectivity index (χ0v) is 24.7. The minimum Gasteiger partial charge on any atom is -0.497 e. The fourth-order valence-corrected chi connectivity index (χ4v) is 10.4. The van der Waals surface area contributed by atoms with Crippen LogP contribution in [0.25, 0.3) is 0 Å². The van der Waals surface area contributed by atoms with Gasteiger partial charge in [0.25, 0.3) is 0 Å². The van der Waals surface area contributed by atoms with Gasteiger partial charge in [-0.3, -0.25) is 4.57 Å². The predicted molar refractivity (Wildman–Crippen MR) is 168 cm³/mol. The number of rotatable bonds is 10. The topological polar surface area (TPSA) is 44.8 Å². The highest BCUT2D eigenvalue weighted by Gasteiger charge is 2.55. The van der Waals surface area contributed by atoms with Crippen LogP contribution in [0, 0.1) is 0 Å². The van der Waals surface area contributed by atoms with E-state index in [1.165, 1.54) is 24.0 Å². The van der Waals surface area contributed by atoms with Crippen molar-refractivity contribution in [2.45, 2.75) is 56.9 Å². The SMILES string of the molecule is COc1ccc(N[C@H](CP2(=O)N(Cc3ccccc3)[C@@H]3CCCC[C@H]3N2Cc2ccccc2)c2ccccc2)cc1. The molecule has 6 heteroatoms. The Morgan fingerprint density at radius 1 is 0.732 bits per heavy atom. The van der Waals surface area contributed by atoms with E-state index in [-0.39, 0.29) is 18.1 Å². The summed E-state index contributed by atoms with van der Waals surface area (Å²) in [4.78, 5) is 0. The molecule has 0 radical (unpaired) electrons. The van der Waals surface area contributed by atoms with Crippen molar-refractivity contribution < 1.29 is 9.30 Å². The summed E-state index contributed by atoms with van der Waals surface area (Å²) >= 11 is 0. The van der Waals surface area contributed by atoms with E-state index < -0.39 is 7.44 Å². The van der Waals surface area contributed by atoms with E-state index in [0.29, 0.717) is 19.3 Å². The van der Waals surface area contributed by atoms with Crippen molar-refractivity contribution in [3.05, 3.63) is 132 Å². The monoisotopic (exact) mass is 565 g/mol. The minimum absolute atomic E-state index is 0.118. The number of nitrogens with zero attached hydrogens (tertiary/aromatic N) is 2. The van der Waals surface area contributed by atoms with Crippen molar-refractivity contribution in [1.82, 2.24) is 9.34 Å². The molecule has 5 nitrogen and oxygen atoms in total. The average molecular weight is 566 g/mol. The molecule has 3 atom stereocenters. The van der Waals surface area contributed by atoms with Crippen LogP contribution in [0.3, 0.4) is 0 Å². The van der Waals surface area contributed by atoms with Gasteiger partial charge < -0.3 is 10.1 Å². The van der Waals surface area contributed by atoms with Gasteiger partial charge in [0.2, 0.25) is 7.44 Å². The molecule has 2 fully saturated rings. The number of fused-ring (bicyclic) bond motifs is 1. The van der Waals surface area contributed by atoms with Crippen molar-refractivity contribution in [2.75, 3.05) is 18.6 Å². The Hall–Kier alpha value is -3.37. The number of anilines is 1. The zero-order valence-electron chi connectivity index (χ0n) is 23.8. The second kappa shape index (κ2) is 12.7. The number of hydrogen-bond donors (Lipinski definition) is 1. The van der Waals surface area contributed by atoms with Crippen LogP contribution in [0.2, 0.25) is 0 Å². The highest BCUT2D eigenvalue weighted by Crippen LogP contribution is 2.66. The van der Waals surface area contributed by atoms with Gasteiger partial charge in [0, 0.05) is 30.9 Å². The van der Waals surface area contributed by atoms with Gasteiger partial charge in [-0.15, -0.1) is 0 Å². The van der Waals surface area contributed by atoms with Crippen LogP contribution < -0.4 is 10.1 Å². The van der Waals surface area contributed by atoms with Crippen LogP contribution in [-0.4, -0.2) is 34.7 Å². The summed E-state index contributed by atoms with van der Waals surface area (Å²) < 4.78 is 26.1. The molecule has 1 heterocycles. The first kappa shape index (κ1) is 27.8. The lowest BCUT2D eigenvalue weighted by atomic mass is 9.90. The Labute approximate surface area is 244 Å². The van der Waals surface area contributed by atoms with E-state index in [4.69, 9.17) is 4.74 Å². The third-order valence-electron chi connectivity index (χ3n) is 8.69. The van der Waals surface area contributed by atoms with E-state index in [9.17, 15) is 0 Å². The van der Waals surface area contributed by atoms with E-state index in [1.54, 1.807) is 7.11 Å². The average Bonchev–Trinajstić information content (AvgIpc) is 3.25. The lowest BCUT2D eigenvalue weighted by Crippen LogP contribution is -2.39. The molecule has 0 spiro atoms. The summed E-state index contributed by atoms with van der Waals surface area (Å²) in [5.41, 5.74) is 4.58. The lowest BCUT2D eigenvalue weighted by Gasteiger charge is -2.35. The molecule has 6 rings (SSSR count). The van der Waals surface area contributed by atoms with Gasteiger partial charge in [0.05, 0.1) is 19.3 Å². The minimum atomic E-state index is -3.02. The lowest BCUT2D eigenvalue weighted by molar-refractivity contribution is 0.197. The van der Waals surface area contributed by atoms with Crippen molar-refractivity contribution in [1.29, 1.82) is 0 Å². The van der Waals surface area contributed by atoms with Crippen LogP contribution in [0.1, 0.15) is 48.4 Å².